The van der Waals surface area contributed by atoms with Gasteiger partial charge >= 0.3 is 0 Å². The average Bonchev–Trinajstić information content (AvgIpc) is 3.02. The van der Waals surface area contributed by atoms with Crippen LogP contribution >= 0.6 is 0 Å². The molecule has 0 radical (unpaired) electrons. The minimum Gasteiger partial charge on any atom is -0.342 e. The lowest BCUT2D eigenvalue weighted by Gasteiger charge is -2.37. The van der Waals surface area contributed by atoms with Crippen molar-refractivity contribution in [2.75, 3.05) is 52.4 Å². The van der Waals surface area contributed by atoms with E-state index in [2.05, 4.69) is 4.90 Å². The minimum absolute atomic E-state index is 0.00151. The first-order valence-electron chi connectivity index (χ1n) is 11.7. The van der Waals surface area contributed by atoms with E-state index in [0.717, 1.165) is 44.5 Å². The van der Waals surface area contributed by atoms with Gasteiger partial charge in [-0.25, -0.2) is 0 Å². The van der Waals surface area contributed by atoms with Crippen molar-refractivity contribution in [2.45, 2.75) is 45.6 Å². The van der Waals surface area contributed by atoms with Gasteiger partial charge in [0.05, 0.1) is 6.54 Å². The minimum atomic E-state index is -0.558. The van der Waals surface area contributed by atoms with E-state index in [4.69, 9.17) is 0 Å². The Morgan fingerprint density at radius 2 is 1.68 bits per heavy atom. The van der Waals surface area contributed by atoms with E-state index in [1.54, 1.807) is 4.90 Å². The molecule has 7 nitrogen and oxygen atoms in total. The summed E-state index contributed by atoms with van der Waals surface area (Å²) in [5, 5.41) is 0. The number of piperidine rings is 1. The van der Waals surface area contributed by atoms with Crippen molar-refractivity contribution in [3.05, 3.63) is 35.9 Å². The normalized spacial score (nSPS) is 19.1. The second-order valence-corrected chi connectivity index (χ2v) is 8.38. The van der Waals surface area contributed by atoms with E-state index < -0.39 is 6.04 Å². The van der Waals surface area contributed by atoms with Gasteiger partial charge in [-0.3, -0.25) is 19.3 Å². The number of likely N-dealkylation sites (tertiary alicyclic amines) is 1. The van der Waals surface area contributed by atoms with Crippen LogP contribution in [0.25, 0.3) is 0 Å². The van der Waals surface area contributed by atoms with Gasteiger partial charge in [-0.1, -0.05) is 30.3 Å². The van der Waals surface area contributed by atoms with Gasteiger partial charge in [-0.15, -0.1) is 0 Å². The maximum atomic E-state index is 13.7. The van der Waals surface area contributed by atoms with Crippen molar-refractivity contribution in [2.24, 2.45) is 0 Å². The second-order valence-electron chi connectivity index (χ2n) is 8.38. The Morgan fingerprint density at radius 1 is 0.935 bits per heavy atom. The standard InChI is InChI=1S/C24H36N4O3/c1-3-26(4-2)22(30)19-25-14-10-15-27(18-17-25)24(31)23(20-11-6-5-7-12-20)28-16-9-8-13-21(28)29/h5-7,11-12,23H,3-4,8-10,13-19H2,1-2H3. The monoisotopic (exact) mass is 428 g/mol. The highest BCUT2D eigenvalue weighted by molar-refractivity contribution is 5.89. The Kier molecular flexibility index (Phi) is 8.46. The summed E-state index contributed by atoms with van der Waals surface area (Å²) in [6, 6.07) is 9.10. The van der Waals surface area contributed by atoms with Crippen LogP contribution < -0.4 is 0 Å². The number of rotatable bonds is 7. The number of hydrogen-bond donors (Lipinski definition) is 0. The molecule has 0 saturated carbocycles. The molecule has 31 heavy (non-hydrogen) atoms. The molecule has 0 spiro atoms. The van der Waals surface area contributed by atoms with Crippen LogP contribution in [0.15, 0.2) is 30.3 Å². The molecule has 1 aromatic carbocycles. The lowest BCUT2D eigenvalue weighted by molar-refractivity contribution is -0.147. The summed E-state index contributed by atoms with van der Waals surface area (Å²) in [6.07, 6.45) is 3.17. The topological polar surface area (TPSA) is 64.2 Å². The lowest BCUT2D eigenvalue weighted by Crippen LogP contribution is -2.48. The summed E-state index contributed by atoms with van der Waals surface area (Å²) in [7, 11) is 0. The zero-order valence-electron chi connectivity index (χ0n) is 19.0. The fourth-order valence-electron chi connectivity index (χ4n) is 4.58. The summed E-state index contributed by atoms with van der Waals surface area (Å²) in [6.45, 7) is 9.16. The molecule has 1 atom stereocenters. The smallest absolute Gasteiger partial charge is 0.250 e. The van der Waals surface area contributed by atoms with Crippen LogP contribution in [-0.4, -0.2) is 89.7 Å². The third kappa shape index (κ3) is 5.85. The molecule has 2 saturated heterocycles. The van der Waals surface area contributed by atoms with Crippen LogP contribution in [0.2, 0.25) is 0 Å². The van der Waals surface area contributed by atoms with Crippen LogP contribution in [0, 0.1) is 0 Å². The van der Waals surface area contributed by atoms with E-state index in [9.17, 15) is 14.4 Å². The zero-order chi connectivity index (χ0) is 22.2. The fraction of sp³-hybridized carbons (Fsp3) is 0.625. The Morgan fingerprint density at radius 3 is 2.35 bits per heavy atom. The predicted molar refractivity (Wildman–Crippen MR) is 120 cm³/mol. The number of carbonyl (C=O) groups excluding carboxylic acids is 3. The van der Waals surface area contributed by atoms with Crippen LogP contribution in [0.1, 0.15) is 51.1 Å². The number of hydrogen-bond acceptors (Lipinski definition) is 4. The maximum Gasteiger partial charge on any atom is 0.250 e. The molecular formula is C24H36N4O3. The fourth-order valence-corrected chi connectivity index (χ4v) is 4.58. The molecule has 2 aliphatic heterocycles. The van der Waals surface area contributed by atoms with E-state index in [1.165, 1.54) is 0 Å². The first-order valence-corrected chi connectivity index (χ1v) is 11.7. The average molecular weight is 429 g/mol. The van der Waals surface area contributed by atoms with Gasteiger partial charge in [-0.05, 0) is 38.7 Å². The summed E-state index contributed by atoms with van der Waals surface area (Å²) in [4.78, 5) is 46.5. The number of nitrogens with zero attached hydrogens (tertiary/aromatic N) is 4. The van der Waals surface area contributed by atoms with Crippen LogP contribution in [-0.2, 0) is 14.4 Å². The first kappa shape index (κ1) is 23.3. The van der Waals surface area contributed by atoms with Crippen molar-refractivity contribution in [3.63, 3.8) is 0 Å². The quantitative estimate of drug-likeness (QED) is 0.668. The highest BCUT2D eigenvalue weighted by atomic mass is 16.2. The zero-order valence-corrected chi connectivity index (χ0v) is 19.0. The first-order chi connectivity index (χ1) is 15.0. The molecule has 7 heteroatoms. The van der Waals surface area contributed by atoms with Gasteiger partial charge < -0.3 is 14.7 Å². The van der Waals surface area contributed by atoms with Gasteiger partial charge in [0.2, 0.25) is 17.7 Å². The Hall–Kier alpha value is -2.41. The third-order valence-corrected chi connectivity index (χ3v) is 6.40. The summed E-state index contributed by atoms with van der Waals surface area (Å²) < 4.78 is 0. The Bertz CT molecular complexity index is 750. The molecule has 1 aromatic rings. The van der Waals surface area contributed by atoms with Crippen molar-refractivity contribution in [3.8, 4) is 0 Å². The SMILES string of the molecule is CCN(CC)C(=O)CN1CCCN(C(=O)C(c2ccccc2)N2CCCCC2=O)CC1. The van der Waals surface area contributed by atoms with E-state index in [0.29, 0.717) is 39.1 Å². The Labute approximate surface area is 186 Å². The van der Waals surface area contributed by atoms with Gasteiger partial charge in [0, 0.05) is 52.2 Å². The number of amides is 3. The number of benzene rings is 1. The molecular weight excluding hydrogens is 392 g/mol. The molecule has 2 aliphatic rings. The molecule has 3 amide bonds. The molecule has 0 N–H and O–H groups in total. The van der Waals surface area contributed by atoms with Gasteiger partial charge in [-0.2, -0.15) is 0 Å². The molecule has 2 fully saturated rings. The van der Waals surface area contributed by atoms with E-state index in [1.807, 2.05) is 54.0 Å². The lowest BCUT2D eigenvalue weighted by atomic mass is 10.00. The number of carbonyl (C=O) groups is 3. The second kappa shape index (κ2) is 11.3. The molecule has 0 aromatic heterocycles. The molecule has 3 rings (SSSR count). The van der Waals surface area contributed by atoms with Crippen LogP contribution in [0.4, 0.5) is 0 Å². The van der Waals surface area contributed by atoms with E-state index in [-0.39, 0.29) is 17.7 Å². The maximum absolute atomic E-state index is 13.7. The van der Waals surface area contributed by atoms with Gasteiger partial charge in [0.15, 0.2) is 0 Å². The summed E-state index contributed by atoms with van der Waals surface area (Å²) >= 11 is 0. The van der Waals surface area contributed by atoms with Crippen molar-refractivity contribution < 1.29 is 14.4 Å². The highest BCUT2D eigenvalue weighted by Gasteiger charge is 2.35. The molecule has 1 unspecified atom stereocenters. The molecule has 0 aliphatic carbocycles. The van der Waals surface area contributed by atoms with E-state index >= 15 is 0 Å². The summed E-state index contributed by atoms with van der Waals surface area (Å²) in [5.41, 5.74) is 0.876. The largest absolute Gasteiger partial charge is 0.342 e. The predicted octanol–water partition coefficient (Wildman–Crippen LogP) is 2.14. The van der Waals surface area contributed by atoms with Gasteiger partial charge in [0.1, 0.15) is 6.04 Å². The molecule has 0 bridgehead atoms. The van der Waals surface area contributed by atoms with Gasteiger partial charge in [0.25, 0.3) is 0 Å². The van der Waals surface area contributed by atoms with Crippen molar-refractivity contribution in [1.29, 1.82) is 0 Å². The van der Waals surface area contributed by atoms with Crippen molar-refractivity contribution in [1.82, 2.24) is 19.6 Å². The Balaban J connectivity index is 1.70. The third-order valence-electron chi connectivity index (χ3n) is 6.40. The molecule has 2 heterocycles. The van der Waals surface area contributed by atoms with Crippen LogP contribution in [0.5, 0.6) is 0 Å². The van der Waals surface area contributed by atoms with Crippen LogP contribution in [0.3, 0.4) is 0 Å². The highest BCUT2D eigenvalue weighted by Crippen LogP contribution is 2.28. The van der Waals surface area contributed by atoms with Crippen molar-refractivity contribution >= 4 is 17.7 Å². The molecule has 170 valence electrons. The number of likely N-dealkylation sites (N-methyl/N-ethyl adjacent to an activating group) is 1. The summed E-state index contributed by atoms with van der Waals surface area (Å²) in [5.74, 6) is 0.207.